The molecule has 0 aromatic heterocycles. The molecule has 9 nitrogen and oxygen atoms in total. The average molecular weight is 576 g/mol. The number of hydrogen-bond donors (Lipinski definition) is 2. The minimum Gasteiger partial charge on any atom is -0.497 e. The van der Waals surface area contributed by atoms with Crippen LogP contribution in [0.25, 0.3) is 11.1 Å². The van der Waals surface area contributed by atoms with Gasteiger partial charge in [-0.25, -0.2) is 4.39 Å². The van der Waals surface area contributed by atoms with Crippen LogP contribution in [0.4, 0.5) is 10.1 Å². The Kier molecular flexibility index (Phi) is 11.2. The zero-order valence-corrected chi connectivity index (χ0v) is 24.9. The number of rotatable bonds is 14. The molecule has 3 rings (SSSR count). The summed E-state index contributed by atoms with van der Waals surface area (Å²) in [6.45, 7) is 2.57. The van der Waals surface area contributed by atoms with E-state index in [1.54, 1.807) is 50.4 Å². The molecule has 3 aromatic rings. The van der Waals surface area contributed by atoms with Crippen LogP contribution in [0.3, 0.4) is 0 Å². The fourth-order valence-electron chi connectivity index (χ4n) is 4.51. The van der Waals surface area contributed by atoms with E-state index in [2.05, 4.69) is 5.32 Å². The number of likely N-dealkylation sites (N-methyl/N-ethyl adjacent to an activating group) is 1. The minimum absolute atomic E-state index is 0.0400. The highest BCUT2D eigenvalue weighted by molar-refractivity contribution is 6.03. The summed E-state index contributed by atoms with van der Waals surface area (Å²) in [6.07, 6.45) is 5.44. The van der Waals surface area contributed by atoms with Crippen LogP contribution in [-0.2, 0) is 17.9 Å². The zero-order valence-electron chi connectivity index (χ0n) is 24.9. The summed E-state index contributed by atoms with van der Waals surface area (Å²) in [5.41, 5.74) is 4.18. The first kappa shape index (κ1) is 31.8. The van der Waals surface area contributed by atoms with Gasteiger partial charge in [0, 0.05) is 56.8 Å². The summed E-state index contributed by atoms with van der Waals surface area (Å²) in [6, 6.07) is 13.5. The fraction of sp³-hybridized carbons (Fsp3) is 0.281. The predicted octanol–water partition coefficient (Wildman–Crippen LogP) is 5.14. The third-order valence-electron chi connectivity index (χ3n) is 6.46. The van der Waals surface area contributed by atoms with E-state index >= 15 is 0 Å². The van der Waals surface area contributed by atoms with E-state index in [0.717, 1.165) is 11.1 Å². The fourth-order valence-corrected chi connectivity index (χ4v) is 4.51. The molecular weight excluding hydrogens is 537 g/mol. The zero-order chi connectivity index (χ0) is 30.8. The van der Waals surface area contributed by atoms with Gasteiger partial charge in [-0.05, 0) is 72.6 Å². The maximum atomic E-state index is 14.0. The monoisotopic (exact) mass is 575 g/mol. The van der Waals surface area contributed by atoms with Gasteiger partial charge in [-0.1, -0.05) is 6.07 Å². The van der Waals surface area contributed by atoms with Gasteiger partial charge in [0.2, 0.25) is 5.91 Å². The molecule has 0 heterocycles. The third kappa shape index (κ3) is 8.65. The molecule has 0 bridgehead atoms. The van der Waals surface area contributed by atoms with E-state index in [-0.39, 0.29) is 23.8 Å². The molecule has 2 N–H and O–H groups in total. The highest BCUT2D eigenvalue weighted by Gasteiger charge is 2.19. The van der Waals surface area contributed by atoms with Gasteiger partial charge in [0.05, 0.1) is 32.8 Å². The quantitative estimate of drug-likeness (QED) is 0.156. The number of anilines is 1. The van der Waals surface area contributed by atoms with Crippen molar-refractivity contribution in [3.63, 3.8) is 0 Å². The Hall–Kier alpha value is -4.70. The number of nitrogens with one attached hydrogen (secondary N) is 2. The molecule has 0 aliphatic rings. The first-order valence-corrected chi connectivity index (χ1v) is 13.3. The lowest BCUT2D eigenvalue weighted by Crippen LogP contribution is -2.30. The van der Waals surface area contributed by atoms with Crippen molar-refractivity contribution in [2.45, 2.75) is 20.0 Å². The highest BCUT2D eigenvalue weighted by Crippen LogP contribution is 2.35. The van der Waals surface area contributed by atoms with E-state index in [1.165, 1.54) is 18.5 Å². The molecule has 1 amide bonds. The lowest BCUT2D eigenvalue weighted by Gasteiger charge is -2.21. The van der Waals surface area contributed by atoms with Crippen LogP contribution < -0.4 is 14.8 Å². The van der Waals surface area contributed by atoms with Crippen LogP contribution in [-0.4, -0.2) is 75.1 Å². The number of hydrogen-bond acceptors (Lipinski definition) is 7. The lowest BCUT2D eigenvalue weighted by molar-refractivity contribution is -0.117. The molecule has 0 aliphatic carbocycles. The van der Waals surface area contributed by atoms with Crippen LogP contribution in [0.2, 0.25) is 0 Å². The molecule has 10 heteroatoms. The Balaban J connectivity index is 1.94. The predicted molar refractivity (Wildman–Crippen MR) is 164 cm³/mol. The Morgan fingerprint density at radius 1 is 0.929 bits per heavy atom. The van der Waals surface area contributed by atoms with Crippen LogP contribution in [0.1, 0.15) is 27.0 Å². The van der Waals surface area contributed by atoms with Crippen molar-refractivity contribution in [3.05, 3.63) is 89.0 Å². The molecule has 0 radical (unpaired) electrons. The third-order valence-corrected chi connectivity index (χ3v) is 6.46. The largest absolute Gasteiger partial charge is 0.497 e. The van der Waals surface area contributed by atoms with Gasteiger partial charge in [-0.2, -0.15) is 0 Å². The van der Waals surface area contributed by atoms with Crippen LogP contribution in [0.15, 0.2) is 60.9 Å². The number of carbonyl (C=O) groups excluding carboxylic acids is 2. The van der Waals surface area contributed by atoms with E-state index < -0.39 is 0 Å². The van der Waals surface area contributed by atoms with Gasteiger partial charge in [0.25, 0.3) is 0 Å². The summed E-state index contributed by atoms with van der Waals surface area (Å²) < 4.78 is 24.7. The Morgan fingerprint density at radius 2 is 1.60 bits per heavy atom. The van der Waals surface area contributed by atoms with Gasteiger partial charge in [0.15, 0.2) is 6.29 Å². The second-order valence-electron chi connectivity index (χ2n) is 10.2. The molecule has 0 saturated carbocycles. The van der Waals surface area contributed by atoms with Crippen LogP contribution in [0, 0.1) is 18.2 Å². The smallest absolute Gasteiger partial charge is 0.238 e. The Morgan fingerprint density at radius 3 is 2.17 bits per heavy atom. The number of ether oxygens (including phenoxy) is 2. The minimum atomic E-state index is -0.381. The van der Waals surface area contributed by atoms with Gasteiger partial charge in [-0.3, -0.25) is 19.9 Å². The van der Waals surface area contributed by atoms with Gasteiger partial charge < -0.3 is 24.6 Å². The van der Waals surface area contributed by atoms with E-state index in [0.29, 0.717) is 53.3 Å². The van der Waals surface area contributed by atoms with E-state index in [1.807, 2.05) is 55.3 Å². The van der Waals surface area contributed by atoms with Gasteiger partial charge >= 0.3 is 0 Å². The lowest BCUT2D eigenvalue weighted by atomic mass is 9.94. The molecule has 0 aliphatic heterocycles. The van der Waals surface area contributed by atoms with Gasteiger partial charge in [-0.15, -0.1) is 0 Å². The molecule has 0 spiro atoms. The van der Waals surface area contributed by atoms with Crippen molar-refractivity contribution in [2.75, 3.05) is 47.2 Å². The number of nitrogens with zero attached hydrogens (tertiary/aromatic N) is 3. The number of amides is 1. The Labute approximate surface area is 246 Å². The number of aryl methyl sites for hydroxylation is 1. The Bertz CT molecular complexity index is 1430. The molecule has 222 valence electrons. The molecule has 0 atom stereocenters. The summed E-state index contributed by atoms with van der Waals surface area (Å²) in [5, 5.41) is 10.7. The highest BCUT2D eigenvalue weighted by atomic mass is 19.1. The summed E-state index contributed by atoms with van der Waals surface area (Å²) >= 11 is 0. The summed E-state index contributed by atoms with van der Waals surface area (Å²) in [4.78, 5) is 30.9. The molecule has 0 unspecified atom stereocenters. The SMILES string of the molecule is COc1cc(CN(C)CC(=O)Nc2c(C=O)cc(CN(C=N)/C=C\N(C)C)cc2-c2ccc(F)cc2C)cc(OC)c1. The maximum Gasteiger partial charge on any atom is 0.238 e. The van der Waals surface area contributed by atoms with Crippen molar-refractivity contribution in [1.82, 2.24) is 14.7 Å². The topological polar surface area (TPSA) is 98.2 Å². The van der Waals surface area contributed by atoms with Crippen molar-refractivity contribution in [2.24, 2.45) is 0 Å². The average Bonchev–Trinajstić information content (AvgIpc) is 2.95. The molecular formula is C32H38FN5O4. The number of aldehydes is 1. The maximum absolute atomic E-state index is 14.0. The first-order chi connectivity index (χ1) is 20.1. The number of benzene rings is 3. The van der Waals surface area contributed by atoms with Crippen molar-refractivity contribution >= 4 is 24.2 Å². The van der Waals surface area contributed by atoms with E-state index in [9.17, 15) is 14.0 Å². The number of carbonyl (C=O) groups is 2. The van der Waals surface area contributed by atoms with Crippen molar-refractivity contribution in [1.29, 1.82) is 5.41 Å². The van der Waals surface area contributed by atoms with E-state index in [4.69, 9.17) is 14.9 Å². The summed E-state index contributed by atoms with van der Waals surface area (Å²) in [5.74, 6) is 0.597. The van der Waals surface area contributed by atoms with Gasteiger partial charge in [0.1, 0.15) is 17.3 Å². The number of methoxy groups -OCH3 is 2. The second kappa shape index (κ2) is 14.8. The normalized spacial score (nSPS) is 11.0. The van der Waals surface area contributed by atoms with Crippen LogP contribution >= 0.6 is 0 Å². The molecule has 0 saturated heterocycles. The summed E-state index contributed by atoms with van der Waals surface area (Å²) in [7, 11) is 8.72. The van der Waals surface area contributed by atoms with Crippen molar-refractivity contribution in [3.8, 4) is 22.6 Å². The first-order valence-electron chi connectivity index (χ1n) is 13.3. The molecule has 0 fully saturated rings. The molecule has 42 heavy (non-hydrogen) atoms. The van der Waals surface area contributed by atoms with Crippen molar-refractivity contribution < 1.29 is 23.5 Å². The number of halogens is 1. The second-order valence-corrected chi connectivity index (χ2v) is 10.2. The molecule has 3 aromatic carbocycles. The van der Waals surface area contributed by atoms with Crippen LogP contribution in [0.5, 0.6) is 11.5 Å². The standard InChI is InChI=1S/C32H38FN5O4/c1-22-11-26(33)7-8-29(22)30-15-23(18-38(21-34)10-9-36(2)3)12-25(20-39)32(30)35-31(40)19-37(4)17-24-13-27(41-5)16-28(14-24)42-6/h7-16,20-21,34H,17-19H2,1-6H3,(H,35,40)/b10-9-,34-21?.